The smallest absolute Gasteiger partial charge is 0.315 e. The van der Waals surface area contributed by atoms with Gasteiger partial charge in [0.2, 0.25) is 5.91 Å². The molecule has 1 heterocycles. The quantitative estimate of drug-likeness (QED) is 0.632. The van der Waals surface area contributed by atoms with Crippen LogP contribution < -0.4 is 10.6 Å². The van der Waals surface area contributed by atoms with E-state index < -0.39 is 18.0 Å². The summed E-state index contributed by atoms with van der Waals surface area (Å²) >= 11 is 0. The Balaban J connectivity index is 1.84. The fourth-order valence-corrected chi connectivity index (χ4v) is 3.36. The molecule has 3 N–H and O–H groups in total. The number of carboxylic acid groups (broad SMARTS) is 1. The van der Waals surface area contributed by atoms with Crippen molar-refractivity contribution >= 4 is 17.9 Å². The highest BCUT2D eigenvalue weighted by molar-refractivity contribution is 5.87. The first-order valence-electron chi connectivity index (χ1n) is 9.68. The van der Waals surface area contributed by atoms with Crippen molar-refractivity contribution in [3.05, 3.63) is 35.6 Å². The summed E-state index contributed by atoms with van der Waals surface area (Å²) in [7, 11) is 0. The van der Waals surface area contributed by atoms with Crippen molar-refractivity contribution < 1.29 is 23.9 Å². The number of hydrogen-bond donors (Lipinski definition) is 3. The van der Waals surface area contributed by atoms with E-state index in [1.807, 2.05) is 6.92 Å². The second-order valence-electron chi connectivity index (χ2n) is 7.16. The van der Waals surface area contributed by atoms with Gasteiger partial charge in [0.25, 0.3) is 0 Å². The maximum Gasteiger partial charge on any atom is 0.315 e. The molecule has 2 rings (SSSR count). The van der Waals surface area contributed by atoms with Gasteiger partial charge in [-0.2, -0.15) is 0 Å². The van der Waals surface area contributed by atoms with E-state index in [1.165, 1.54) is 12.1 Å². The van der Waals surface area contributed by atoms with Crippen molar-refractivity contribution in [3.8, 4) is 0 Å². The molecular formula is C20H28FN3O4. The molecule has 1 unspecified atom stereocenters. The number of benzene rings is 1. The highest BCUT2D eigenvalue weighted by Gasteiger charge is 2.29. The number of hydrogen-bond acceptors (Lipinski definition) is 3. The highest BCUT2D eigenvalue weighted by atomic mass is 19.1. The lowest BCUT2D eigenvalue weighted by Crippen LogP contribution is -2.52. The van der Waals surface area contributed by atoms with Gasteiger partial charge in [0.15, 0.2) is 0 Å². The lowest BCUT2D eigenvalue weighted by Gasteiger charge is -2.34. The molecule has 0 aliphatic carbocycles. The molecule has 1 aromatic carbocycles. The summed E-state index contributed by atoms with van der Waals surface area (Å²) in [5, 5.41) is 14.3. The molecule has 1 aromatic rings. The van der Waals surface area contributed by atoms with Gasteiger partial charge in [-0.15, -0.1) is 0 Å². The van der Waals surface area contributed by atoms with Crippen LogP contribution in [0.5, 0.6) is 0 Å². The second kappa shape index (κ2) is 10.6. The number of carbonyl (C=O) groups excluding carboxylic acids is 2. The number of carbonyl (C=O) groups is 3. The number of halogens is 1. The first-order valence-corrected chi connectivity index (χ1v) is 9.68. The molecule has 0 spiro atoms. The molecule has 1 fully saturated rings. The topological polar surface area (TPSA) is 98.7 Å². The summed E-state index contributed by atoms with van der Waals surface area (Å²) in [5.41, 5.74) is 0.760. The van der Waals surface area contributed by atoms with E-state index in [2.05, 4.69) is 10.6 Å². The van der Waals surface area contributed by atoms with Gasteiger partial charge >= 0.3 is 12.0 Å². The molecule has 1 saturated heterocycles. The van der Waals surface area contributed by atoms with Crippen molar-refractivity contribution in [1.29, 1.82) is 0 Å². The normalized spacial score (nSPS) is 15.7. The van der Waals surface area contributed by atoms with Crippen LogP contribution in [0, 0.1) is 11.7 Å². The summed E-state index contributed by atoms with van der Waals surface area (Å²) in [5.74, 6) is -1.19. The van der Waals surface area contributed by atoms with E-state index in [0.717, 1.165) is 12.0 Å². The zero-order valence-electron chi connectivity index (χ0n) is 16.1. The maximum atomic E-state index is 12.9. The largest absolute Gasteiger partial charge is 0.481 e. The van der Waals surface area contributed by atoms with Crippen LogP contribution in [-0.4, -0.2) is 47.0 Å². The SMILES string of the molecule is CCCC(NC(=O)NCc1ccc(F)cc1)C(=O)N1CCC(CC(=O)O)CC1. The number of likely N-dealkylation sites (tertiary alicyclic amines) is 1. The van der Waals surface area contributed by atoms with Gasteiger partial charge in [0, 0.05) is 26.1 Å². The van der Waals surface area contributed by atoms with Gasteiger partial charge < -0.3 is 20.6 Å². The monoisotopic (exact) mass is 393 g/mol. The average molecular weight is 393 g/mol. The predicted octanol–water partition coefficient (Wildman–Crippen LogP) is 2.51. The molecule has 28 heavy (non-hydrogen) atoms. The van der Waals surface area contributed by atoms with Gasteiger partial charge in [-0.25, -0.2) is 9.18 Å². The Bertz CT molecular complexity index is 673. The molecule has 1 aliphatic rings. The Morgan fingerprint density at radius 1 is 1.21 bits per heavy atom. The lowest BCUT2D eigenvalue weighted by molar-refractivity contribution is -0.139. The van der Waals surface area contributed by atoms with Gasteiger partial charge in [0.1, 0.15) is 11.9 Å². The van der Waals surface area contributed by atoms with E-state index in [9.17, 15) is 18.8 Å². The molecule has 1 atom stereocenters. The van der Waals surface area contributed by atoms with Crippen molar-refractivity contribution in [2.45, 2.75) is 51.6 Å². The van der Waals surface area contributed by atoms with Gasteiger partial charge in [-0.3, -0.25) is 9.59 Å². The molecule has 1 aliphatic heterocycles. The van der Waals surface area contributed by atoms with Gasteiger partial charge in [-0.05, 0) is 42.9 Å². The first kappa shape index (κ1) is 21.7. The number of amides is 3. The molecule has 0 saturated carbocycles. The molecule has 3 amide bonds. The minimum absolute atomic E-state index is 0.0955. The van der Waals surface area contributed by atoms with E-state index in [4.69, 9.17) is 5.11 Å². The third-order valence-corrected chi connectivity index (χ3v) is 4.94. The molecule has 0 bridgehead atoms. The molecule has 8 heteroatoms. The Morgan fingerprint density at radius 3 is 2.43 bits per heavy atom. The zero-order valence-corrected chi connectivity index (χ0v) is 16.1. The number of nitrogens with one attached hydrogen (secondary N) is 2. The summed E-state index contributed by atoms with van der Waals surface area (Å²) < 4.78 is 12.9. The molecule has 0 radical (unpaired) electrons. The maximum absolute atomic E-state index is 12.9. The predicted molar refractivity (Wildman–Crippen MR) is 102 cm³/mol. The number of nitrogens with zero attached hydrogens (tertiary/aromatic N) is 1. The van der Waals surface area contributed by atoms with E-state index in [1.54, 1.807) is 17.0 Å². The van der Waals surface area contributed by atoms with Gasteiger partial charge in [-0.1, -0.05) is 25.5 Å². The minimum Gasteiger partial charge on any atom is -0.481 e. The summed E-state index contributed by atoms with van der Waals surface area (Å²) in [4.78, 5) is 37.5. The highest BCUT2D eigenvalue weighted by Crippen LogP contribution is 2.21. The number of piperidine rings is 1. The number of aliphatic carboxylic acids is 1. The third-order valence-electron chi connectivity index (χ3n) is 4.94. The third kappa shape index (κ3) is 6.83. The van der Waals surface area contributed by atoms with E-state index in [0.29, 0.717) is 32.4 Å². The van der Waals surface area contributed by atoms with Crippen LogP contribution in [0.2, 0.25) is 0 Å². The minimum atomic E-state index is -0.812. The van der Waals surface area contributed by atoms with Crippen LogP contribution in [0.4, 0.5) is 9.18 Å². The lowest BCUT2D eigenvalue weighted by atomic mass is 9.93. The number of urea groups is 1. The average Bonchev–Trinajstić information content (AvgIpc) is 2.67. The second-order valence-corrected chi connectivity index (χ2v) is 7.16. The Hall–Kier alpha value is -2.64. The molecule has 7 nitrogen and oxygen atoms in total. The molecule has 154 valence electrons. The van der Waals surface area contributed by atoms with Crippen molar-refractivity contribution in [1.82, 2.24) is 15.5 Å². The zero-order chi connectivity index (χ0) is 20.5. The molecule has 0 aromatic heterocycles. The van der Waals surface area contributed by atoms with Crippen LogP contribution in [0.1, 0.15) is 44.6 Å². The first-order chi connectivity index (χ1) is 13.4. The van der Waals surface area contributed by atoms with Crippen LogP contribution in [0.3, 0.4) is 0 Å². The summed E-state index contributed by atoms with van der Waals surface area (Å²) in [6.45, 7) is 3.20. The number of carboxylic acids is 1. The molecular weight excluding hydrogens is 365 g/mol. The summed E-state index contributed by atoms with van der Waals surface area (Å²) in [6, 6.07) is 4.77. The van der Waals surface area contributed by atoms with Crippen molar-refractivity contribution in [3.63, 3.8) is 0 Å². The van der Waals surface area contributed by atoms with Crippen LogP contribution >= 0.6 is 0 Å². The fraction of sp³-hybridized carbons (Fsp3) is 0.550. The van der Waals surface area contributed by atoms with Gasteiger partial charge in [0.05, 0.1) is 0 Å². The summed E-state index contributed by atoms with van der Waals surface area (Å²) in [6.07, 6.45) is 2.72. The standard InChI is InChI=1S/C20H28FN3O4/c1-2-3-17(19(27)24-10-8-14(9-11-24)12-18(25)26)23-20(28)22-13-15-4-6-16(21)7-5-15/h4-7,14,17H,2-3,8-13H2,1H3,(H,25,26)(H2,22,23,28). The fourth-order valence-electron chi connectivity index (χ4n) is 3.36. The van der Waals surface area contributed by atoms with E-state index in [-0.39, 0.29) is 30.6 Å². The van der Waals surface area contributed by atoms with Crippen molar-refractivity contribution in [2.75, 3.05) is 13.1 Å². The van der Waals surface area contributed by atoms with Crippen LogP contribution in [-0.2, 0) is 16.1 Å². The van der Waals surface area contributed by atoms with Crippen molar-refractivity contribution in [2.24, 2.45) is 5.92 Å². The Labute approximate surface area is 164 Å². The Kier molecular flexibility index (Phi) is 8.22. The number of rotatable bonds is 8. The van der Waals surface area contributed by atoms with E-state index >= 15 is 0 Å². The van der Waals surface area contributed by atoms with Crippen LogP contribution in [0.25, 0.3) is 0 Å². The van der Waals surface area contributed by atoms with Crippen LogP contribution in [0.15, 0.2) is 24.3 Å². The Morgan fingerprint density at radius 2 is 1.86 bits per heavy atom.